The number of rotatable bonds is 7. The van der Waals surface area contributed by atoms with Gasteiger partial charge in [-0.05, 0) is 24.0 Å². The largest absolute Gasteiger partial charge is 0.388 e. The van der Waals surface area contributed by atoms with Gasteiger partial charge in [0, 0.05) is 11.0 Å². The second kappa shape index (κ2) is 7.78. The lowest BCUT2D eigenvalue weighted by Crippen LogP contribution is -2.04. The predicted octanol–water partition coefficient (Wildman–Crippen LogP) is 4.20. The van der Waals surface area contributed by atoms with Gasteiger partial charge in [0.1, 0.15) is 0 Å². The second-order valence-corrected chi connectivity index (χ2v) is 6.03. The summed E-state index contributed by atoms with van der Waals surface area (Å²) in [6, 6.07) is 8.39. The third-order valence-electron chi connectivity index (χ3n) is 3.02. The van der Waals surface area contributed by atoms with Gasteiger partial charge < -0.3 is 5.11 Å². The smallest absolute Gasteiger partial charge is 0.0880 e. The van der Waals surface area contributed by atoms with Crippen LogP contribution in [0.5, 0.6) is 0 Å². The number of aliphatic hydroxyl groups is 1. The van der Waals surface area contributed by atoms with Gasteiger partial charge in [-0.2, -0.15) is 11.8 Å². The van der Waals surface area contributed by atoms with Crippen molar-refractivity contribution in [2.45, 2.75) is 51.4 Å². The van der Waals surface area contributed by atoms with Gasteiger partial charge in [-0.1, -0.05) is 51.5 Å². The highest BCUT2D eigenvalue weighted by atomic mass is 32.2. The van der Waals surface area contributed by atoms with E-state index in [1.807, 2.05) is 11.8 Å². The van der Waals surface area contributed by atoms with Gasteiger partial charge in [-0.15, -0.1) is 0 Å². The fourth-order valence-electron chi connectivity index (χ4n) is 1.66. The van der Waals surface area contributed by atoms with Crippen LogP contribution in [0.25, 0.3) is 0 Å². The van der Waals surface area contributed by atoms with Crippen LogP contribution in [-0.4, -0.2) is 16.1 Å². The number of thioether (sulfide) groups is 1. The molecule has 96 valence electrons. The maximum absolute atomic E-state index is 10.1. The Balaban J connectivity index is 2.48. The molecule has 0 bridgehead atoms. The molecule has 2 atom stereocenters. The van der Waals surface area contributed by atoms with Crippen molar-refractivity contribution in [1.29, 1.82) is 0 Å². The molecule has 1 rings (SSSR count). The van der Waals surface area contributed by atoms with E-state index in [4.69, 9.17) is 0 Å². The standard InChI is InChI=1S/C15H24OS/c1-4-6-13-7-9-14(10-8-13)15(16)11-17-12(3)5-2/h7-10,12,15-16H,4-6,11H2,1-3H3. The van der Waals surface area contributed by atoms with Crippen LogP contribution in [0.4, 0.5) is 0 Å². The Morgan fingerprint density at radius 2 is 1.82 bits per heavy atom. The molecule has 0 radical (unpaired) electrons. The molecule has 0 heterocycles. The highest BCUT2D eigenvalue weighted by Gasteiger charge is 2.09. The molecule has 2 unspecified atom stereocenters. The molecule has 0 saturated carbocycles. The summed E-state index contributed by atoms with van der Waals surface area (Å²) in [5.41, 5.74) is 2.40. The summed E-state index contributed by atoms with van der Waals surface area (Å²) in [7, 11) is 0. The monoisotopic (exact) mass is 252 g/mol. The van der Waals surface area contributed by atoms with E-state index in [9.17, 15) is 5.11 Å². The maximum Gasteiger partial charge on any atom is 0.0880 e. The van der Waals surface area contributed by atoms with E-state index in [2.05, 4.69) is 45.0 Å². The van der Waals surface area contributed by atoms with Gasteiger partial charge in [0.25, 0.3) is 0 Å². The summed E-state index contributed by atoms with van der Waals surface area (Å²) in [6.45, 7) is 6.58. The molecule has 1 nitrogen and oxygen atoms in total. The Morgan fingerprint density at radius 3 is 2.35 bits per heavy atom. The van der Waals surface area contributed by atoms with E-state index >= 15 is 0 Å². The topological polar surface area (TPSA) is 20.2 Å². The number of benzene rings is 1. The summed E-state index contributed by atoms with van der Waals surface area (Å²) >= 11 is 1.84. The molecule has 1 aromatic rings. The predicted molar refractivity (Wildman–Crippen MR) is 77.6 cm³/mol. The normalized spacial score (nSPS) is 14.6. The van der Waals surface area contributed by atoms with Crippen molar-refractivity contribution in [2.75, 3.05) is 5.75 Å². The van der Waals surface area contributed by atoms with E-state index in [-0.39, 0.29) is 6.10 Å². The molecule has 0 spiro atoms. The Kier molecular flexibility index (Phi) is 6.68. The fourth-order valence-corrected chi connectivity index (χ4v) is 2.60. The van der Waals surface area contributed by atoms with Crippen LogP contribution in [0, 0.1) is 0 Å². The molecular formula is C15H24OS. The molecular weight excluding hydrogens is 228 g/mol. The number of hydrogen-bond acceptors (Lipinski definition) is 2. The maximum atomic E-state index is 10.1. The molecule has 0 aliphatic carbocycles. The average Bonchev–Trinajstić information content (AvgIpc) is 2.36. The van der Waals surface area contributed by atoms with Gasteiger partial charge in [0.15, 0.2) is 0 Å². The van der Waals surface area contributed by atoms with E-state index in [0.29, 0.717) is 5.25 Å². The zero-order chi connectivity index (χ0) is 12.7. The van der Waals surface area contributed by atoms with Crippen molar-refractivity contribution >= 4 is 11.8 Å². The fraction of sp³-hybridized carbons (Fsp3) is 0.600. The quantitative estimate of drug-likeness (QED) is 0.784. The lowest BCUT2D eigenvalue weighted by molar-refractivity contribution is 0.204. The van der Waals surface area contributed by atoms with Crippen molar-refractivity contribution in [2.24, 2.45) is 0 Å². The highest BCUT2D eigenvalue weighted by Crippen LogP contribution is 2.23. The van der Waals surface area contributed by atoms with Crippen LogP contribution in [0.2, 0.25) is 0 Å². The number of hydrogen-bond donors (Lipinski definition) is 1. The molecule has 0 aliphatic rings. The van der Waals surface area contributed by atoms with Crippen molar-refractivity contribution < 1.29 is 5.11 Å². The first-order valence-corrected chi connectivity index (χ1v) is 7.60. The lowest BCUT2D eigenvalue weighted by atomic mass is 10.1. The summed E-state index contributed by atoms with van der Waals surface area (Å²) < 4.78 is 0. The molecule has 0 aliphatic heterocycles. The Morgan fingerprint density at radius 1 is 1.18 bits per heavy atom. The Bertz CT molecular complexity index is 307. The van der Waals surface area contributed by atoms with Gasteiger partial charge in [-0.3, -0.25) is 0 Å². The van der Waals surface area contributed by atoms with E-state index in [0.717, 1.165) is 24.2 Å². The SMILES string of the molecule is CCCc1ccc(C(O)CSC(C)CC)cc1. The summed E-state index contributed by atoms with van der Waals surface area (Å²) in [6.07, 6.45) is 3.13. The van der Waals surface area contributed by atoms with Crippen molar-refractivity contribution in [3.8, 4) is 0 Å². The van der Waals surface area contributed by atoms with Crippen molar-refractivity contribution in [3.63, 3.8) is 0 Å². The third kappa shape index (κ3) is 5.13. The van der Waals surface area contributed by atoms with Crippen molar-refractivity contribution in [1.82, 2.24) is 0 Å². The molecule has 1 N–H and O–H groups in total. The van der Waals surface area contributed by atoms with Crippen LogP contribution < -0.4 is 0 Å². The first kappa shape index (κ1) is 14.6. The van der Waals surface area contributed by atoms with Gasteiger partial charge in [-0.25, -0.2) is 0 Å². The Hall–Kier alpha value is -0.470. The summed E-state index contributed by atoms with van der Waals surface area (Å²) in [5, 5.41) is 10.7. The van der Waals surface area contributed by atoms with Crippen LogP contribution in [-0.2, 0) is 6.42 Å². The first-order chi connectivity index (χ1) is 8.17. The van der Waals surface area contributed by atoms with Crippen LogP contribution in [0.1, 0.15) is 50.8 Å². The number of aryl methyl sites for hydroxylation is 1. The van der Waals surface area contributed by atoms with Crippen molar-refractivity contribution in [3.05, 3.63) is 35.4 Å². The minimum absolute atomic E-state index is 0.329. The second-order valence-electron chi connectivity index (χ2n) is 4.56. The molecule has 17 heavy (non-hydrogen) atoms. The summed E-state index contributed by atoms with van der Waals surface area (Å²) in [4.78, 5) is 0. The first-order valence-electron chi connectivity index (χ1n) is 6.55. The average molecular weight is 252 g/mol. The molecule has 2 heteroatoms. The molecule has 0 amide bonds. The number of aliphatic hydroxyl groups excluding tert-OH is 1. The van der Waals surface area contributed by atoms with Gasteiger partial charge >= 0.3 is 0 Å². The molecule has 1 aromatic carbocycles. The van der Waals surface area contributed by atoms with Crippen LogP contribution >= 0.6 is 11.8 Å². The zero-order valence-electron chi connectivity index (χ0n) is 11.1. The van der Waals surface area contributed by atoms with E-state index in [1.54, 1.807) is 0 Å². The Labute approximate surface area is 110 Å². The lowest BCUT2D eigenvalue weighted by Gasteiger charge is -2.14. The third-order valence-corrected chi connectivity index (χ3v) is 4.43. The minimum Gasteiger partial charge on any atom is -0.388 e. The zero-order valence-corrected chi connectivity index (χ0v) is 12.0. The minimum atomic E-state index is -0.329. The van der Waals surface area contributed by atoms with E-state index in [1.165, 1.54) is 12.0 Å². The molecule has 0 aromatic heterocycles. The highest BCUT2D eigenvalue weighted by molar-refractivity contribution is 7.99. The van der Waals surface area contributed by atoms with Crippen LogP contribution in [0.3, 0.4) is 0 Å². The van der Waals surface area contributed by atoms with Gasteiger partial charge in [0.05, 0.1) is 6.10 Å². The summed E-state index contributed by atoms with van der Waals surface area (Å²) in [5.74, 6) is 0.794. The van der Waals surface area contributed by atoms with E-state index < -0.39 is 0 Å². The molecule has 0 saturated heterocycles. The van der Waals surface area contributed by atoms with Crippen LogP contribution in [0.15, 0.2) is 24.3 Å². The molecule has 0 fully saturated rings. The van der Waals surface area contributed by atoms with Gasteiger partial charge in [0.2, 0.25) is 0 Å².